The van der Waals surface area contributed by atoms with Gasteiger partial charge in [0, 0.05) is 24.2 Å². The topological polar surface area (TPSA) is 48.0 Å². The maximum Gasteiger partial charge on any atom is 0.247 e. The summed E-state index contributed by atoms with van der Waals surface area (Å²) in [6, 6.07) is 13.2. The summed E-state index contributed by atoms with van der Waals surface area (Å²) >= 11 is 6.07. The number of carbonyl (C=O) groups is 1. The molecule has 0 unspecified atom stereocenters. The normalized spacial score (nSPS) is 15.1. The zero-order valence-electron chi connectivity index (χ0n) is 17.9. The molecular weight excluding hydrogens is 402 g/mol. The van der Waals surface area contributed by atoms with Crippen LogP contribution in [0.2, 0.25) is 5.02 Å². The van der Waals surface area contributed by atoms with E-state index in [4.69, 9.17) is 25.8 Å². The van der Waals surface area contributed by atoms with Crippen molar-refractivity contribution in [2.45, 2.75) is 26.4 Å². The zero-order chi connectivity index (χ0) is 21.7. The van der Waals surface area contributed by atoms with Crippen LogP contribution in [-0.4, -0.2) is 49.8 Å². The second-order valence-electron chi connectivity index (χ2n) is 8.08. The summed E-state index contributed by atoms with van der Waals surface area (Å²) < 4.78 is 16.9. The van der Waals surface area contributed by atoms with Gasteiger partial charge in [0.15, 0.2) is 11.5 Å². The molecular formula is C24H28ClNO4. The van der Waals surface area contributed by atoms with Crippen LogP contribution in [-0.2, 0) is 9.53 Å². The van der Waals surface area contributed by atoms with E-state index >= 15 is 0 Å². The molecule has 0 spiro atoms. The molecule has 0 aromatic heterocycles. The van der Waals surface area contributed by atoms with Crippen molar-refractivity contribution >= 4 is 23.1 Å². The predicted molar refractivity (Wildman–Crippen MR) is 119 cm³/mol. The van der Waals surface area contributed by atoms with Crippen molar-refractivity contribution in [3.63, 3.8) is 0 Å². The molecule has 6 heteroatoms. The number of methoxy groups -OCH3 is 1. The van der Waals surface area contributed by atoms with Gasteiger partial charge >= 0.3 is 0 Å². The quantitative estimate of drug-likeness (QED) is 0.639. The van der Waals surface area contributed by atoms with Crippen LogP contribution >= 0.6 is 11.6 Å². The summed E-state index contributed by atoms with van der Waals surface area (Å²) in [5, 5.41) is 0.643. The first-order valence-electron chi connectivity index (χ1n) is 9.98. The summed E-state index contributed by atoms with van der Waals surface area (Å²) in [4.78, 5) is 14.7. The van der Waals surface area contributed by atoms with E-state index in [9.17, 15) is 4.79 Å². The standard InChI is InChI=1S/C24H28ClNO4/c1-24(2,3)30-21-10-7-18(15-22(21)28-4)20(17-5-8-19(25)9-6-17)16-23(27)26-11-13-29-14-12-26/h5-10,15-16H,11-14H2,1-4H3/b20-16+. The van der Waals surface area contributed by atoms with Gasteiger partial charge in [0.25, 0.3) is 0 Å². The number of rotatable bonds is 5. The molecule has 0 radical (unpaired) electrons. The Bertz CT molecular complexity index is 910. The third-order valence-corrected chi connectivity index (χ3v) is 4.89. The molecule has 2 aromatic rings. The van der Waals surface area contributed by atoms with Gasteiger partial charge in [0.2, 0.25) is 5.91 Å². The molecule has 160 valence electrons. The van der Waals surface area contributed by atoms with E-state index in [-0.39, 0.29) is 11.5 Å². The van der Waals surface area contributed by atoms with Crippen LogP contribution in [0.4, 0.5) is 0 Å². The van der Waals surface area contributed by atoms with Crippen molar-refractivity contribution in [2.75, 3.05) is 33.4 Å². The largest absolute Gasteiger partial charge is 0.493 e. The fourth-order valence-electron chi connectivity index (χ4n) is 3.21. The Balaban J connectivity index is 2.02. The molecule has 0 saturated carbocycles. The van der Waals surface area contributed by atoms with Crippen LogP contribution in [0.1, 0.15) is 31.9 Å². The summed E-state index contributed by atoms with van der Waals surface area (Å²) in [6.45, 7) is 8.25. The first-order chi connectivity index (χ1) is 14.3. The van der Waals surface area contributed by atoms with Crippen molar-refractivity contribution < 1.29 is 19.0 Å². The van der Waals surface area contributed by atoms with Gasteiger partial charge in [0.1, 0.15) is 5.60 Å². The molecule has 2 aromatic carbocycles. The number of morpholine rings is 1. The van der Waals surface area contributed by atoms with E-state index in [1.54, 1.807) is 18.1 Å². The average Bonchev–Trinajstić information content (AvgIpc) is 2.72. The van der Waals surface area contributed by atoms with E-state index in [0.29, 0.717) is 42.8 Å². The summed E-state index contributed by atoms with van der Waals surface area (Å²) in [6.07, 6.45) is 1.67. The van der Waals surface area contributed by atoms with Gasteiger partial charge in [-0.15, -0.1) is 0 Å². The van der Waals surface area contributed by atoms with Crippen molar-refractivity contribution in [1.29, 1.82) is 0 Å². The lowest BCUT2D eigenvalue weighted by Crippen LogP contribution is -2.39. The molecule has 30 heavy (non-hydrogen) atoms. The number of nitrogens with zero attached hydrogens (tertiary/aromatic N) is 1. The Hall–Kier alpha value is -2.50. The molecule has 3 rings (SSSR count). The Morgan fingerprint density at radius 3 is 2.27 bits per heavy atom. The number of ether oxygens (including phenoxy) is 3. The highest BCUT2D eigenvalue weighted by molar-refractivity contribution is 6.30. The SMILES string of the molecule is COc1cc(/C(=C/C(=O)N2CCOCC2)c2ccc(Cl)cc2)ccc1OC(C)(C)C. The Labute approximate surface area is 183 Å². The highest BCUT2D eigenvalue weighted by atomic mass is 35.5. The lowest BCUT2D eigenvalue weighted by Gasteiger charge is -2.26. The number of halogens is 1. The zero-order valence-corrected chi connectivity index (χ0v) is 18.7. The molecule has 0 N–H and O–H groups in total. The number of hydrogen-bond donors (Lipinski definition) is 0. The van der Waals surface area contributed by atoms with E-state index in [0.717, 1.165) is 16.7 Å². The van der Waals surface area contributed by atoms with E-state index in [1.165, 1.54) is 0 Å². The minimum atomic E-state index is -0.351. The second kappa shape index (κ2) is 9.54. The van der Waals surface area contributed by atoms with Crippen molar-refractivity contribution in [3.05, 3.63) is 64.7 Å². The summed E-state index contributed by atoms with van der Waals surface area (Å²) in [7, 11) is 1.61. The maximum absolute atomic E-state index is 12.9. The summed E-state index contributed by atoms with van der Waals surface area (Å²) in [5.74, 6) is 1.22. The highest BCUT2D eigenvalue weighted by Crippen LogP contribution is 2.35. The van der Waals surface area contributed by atoms with E-state index in [1.807, 2.05) is 63.2 Å². The monoisotopic (exact) mass is 429 g/mol. The van der Waals surface area contributed by atoms with Crippen LogP contribution in [0.15, 0.2) is 48.5 Å². The third-order valence-electron chi connectivity index (χ3n) is 4.64. The van der Waals surface area contributed by atoms with Crippen LogP contribution in [0.3, 0.4) is 0 Å². The van der Waals surface area contributed by atoms with Crippen LogP contribution in [0, 0.1) is 0 Å². The fourth-order valence-corrected chi connectivity index (χ4v) is 3.34. The predicted octanol–water partition coefficient (Wildman–Crippen LogP) is 4.82. The molecule has 5 nitrogen and oxygen atoms in total. The Morgan fingerprint density at radius 2 is 1.67 bits per heavy atom. The maximum atomic E-state index is 12.9. The molecule has 0 atom stereocenters. The van der Waals surface area contributed by atoms with Gasteiger partial charge in [0.05, 0.1) is 20.3 Å². The smallest absolute Gasteiger partial charge is 0.247 e. The van der Waals surface area contributed by atoms with E-state index < -0.39 is 0 Å². The van der Waals surface area contributed by atoms with Gasteiger partial charge < -0.3 is 19.1 Å². The molecule has 1 aliphatic heterocycles. The van der Waals surface area contributed by atoms with Crippen molar-refractivity contribution in [2.24, 2.45) is 0 Å². The molecule has 0 aliphatic carbocycles. The number of carbonyl (C=O) groups excluding carboxylic acids is 1. The van der Waals surface area contributed by atoms with Gasteiger partial charge in [-0.2, -0.15) is 0 Å². The minimum Gasteiger partial charge on any atom is -0.493 e. The lowest BCUT2D eigenvalue weighted by molar-refractivity contribution is -0.129. The van der Waals surface area contributed by atoms with Crippen LogP contribution < -0.4 is 9.47 Å². The van der Waals surface area contributed by atoms with Crippen LogP contribution in [0.5, 0.6) is 11.5 Å². The highest BCUT2D eigenvalue weighted by Gasteiger charge is 2.19. The first kappa shape index (κ1) is 22.2. The van der Waals surface area contributed by atoms with Gasteiger partial charge in [-0.3, -0.25) is 4.79 Å². The molecule has 1 fully saturated rings. The second-order valence-corrected chi connectivity index (χ2v) is 8.52. The Kier molecular flexibility index (Phi) is 7.06. The van der Waals surface area contributed by atoms with Gasteiger partial charge in [-0.1, -0.05) is 29.8 Å². The average molecular weight is 430 g/mol. The summed E-state index contributed by atoms with van der Waals surface area (Å²) in [5.41, 5.74) is 2.20. The minimum absolute atomic E-state index is 0.0442. The molecule has 1 aliphatic rings. The van der Waals surface area contributed by atoms with Crippen molar-refractivity contribution in [3.8, 4) is 11.5 Å². The van der Waals surface area contributed by atoms with Crippen LogP contribution in [0.25, 0.3) is 5.57 Å². The number of amides is 1. The fraction of sp³-hybridized carbons (Fsp3) is 0.375. The lowest BCUT2D eigenvalue weighted by atomic mass is 9.96. The van der Waals surface area contributed by atoms with Crippen molar-refractivity contribution in [1.82, 2.24) is 4.90 Å². The Morgan fingerprint density at radius 1 is 1.03 bits per heavy atom. The molecule has 1 amide bonds. The number of hydrogen-bond acceptors (Lipinski definition) is 4. The number of benzene rings is 2. The van der Waals surface area contributed by atoms with E-state index in [2.05, 4.69) is 0 Å². The van der Waals surface area contributed by atoms with Gasteiger partial charge in [-0.25, -0.2) is 0 Å². The first-order valence-corrected chi connectivity index (χ1v) is 10.4. The van der Waals surface area contributed by atoms with Gasteiger partial charge in [-0.05, 0) is 61.7 Å². The molecule has 1 saturated heterocycles. The molecule has 1 heterocycles. The third kappa shape index (κ3) is 5.77. The molecule has 0 bridgehead atoms.